The molecule has 0 bridgehead atoms. The number of methoxy groups -OCH3 is 1. The summed E-state index contributed by atoms with van der Waals surface area (Å²) in [7, 11) is -2.15. The number of unbranched alkanes of at least 4 members (excludes halogenated alkanes) is 12. The van der Waals surface area contributed by atoms with Crippen LogP contribution in [0.2, 0.25) is 0 Å². The summed E-state index contributed by atoms with van der Waals surface area (Å²) in [5.41, 5.74) is 0. The maximum atomic E-state index is 12.0. The van der Waals surface area contributed by atoms with Crippen molar-refractivity contribution in [2.24, 2.45) is 0 Å². The Morgan fingerprint density at radius 1 is 0.806 bits per heavy atom. The van der Waals surface area contributed by atoms with Crippen LogP contribution in [0.4, 0.5) is 0 Å². The maximum absolute atomic E-state index is 12.0. The number of aryl methyl sites for hydroxylation is 1. The minimum absolute atomic E-state index is 0.0996. The first-order valence-corrected chi connectivity index (χ1v) is 15.1. The molecule has 3 N–H and O–H groups in total. The highest BCUT2D eigenvalue weighted by Gasteiger charge is 2.15. The summed E-state index contributed by atoms with van der Waals surface area (Å²) in [4.78, 5) is 23.5. The van der Waals surface area contributed by atoms with Gasteiger partial charge in [-0.25, -0.2) is 8.42 Å². The van der Waals surface area contributed by atoms with E-state index in [1.54, 1.807) is 0 Å². The highest BCUT2D eigenvalue weighted by atomic mass is 32.2. The van der Waals surface area contributed by atoms with Crippen molar-refractivity contribution in [3.05, 3.63) is 5.82 Å². The molecule has 0 saturated carbocycles. The van der Waals surface area contributed by atoms with Crippen LogP contribution in [0.1, 0.15) is 109 Å². The number of H-pyrrole nitrogens is 1. The second kappa shape index (κ2) is 21.0. The van der Waals surface area contributed by atoms with Crippen molar-refractivity contribution in [1.29, 1.82) is 0 Å². The van der Waals surface area contributed by atoms with Crippen molar-refractivity contribution in [1.82, 2.24) is 30.7 Å². The molecule has 208 valence electrons. The van der Waals surface area contributed by atoms with Crippen molar-refractivity contribution < 1.29 is 22.7 Å². The minimum Gasteiger partial charge on any atom is -0.383 e. The molecular formula is C24H46N6O5S. The van der Waals surface area contributed by atoms with Crippen molar-refractivity contribution in [3.8, 4) is 0 Å². The molecule has 0 aliphatic heterocycles. The molecule has 1 rings (SSSR count). The maximum Gasteiger partial charge on any atom is 0.234 e. The average Bonchev–Trinajstić information content (AvgIpc) is 3.35. The number of nitrogens with zero attached hydrogens (tertiary/aromatic N) is 3. The Hall–Kier alpha value is -2.08. The van der Waals surface area contributed by atoms with E-state index < -0.39 is 15.9 Å². The van der Waals surface area contributed by atoms with Crippen LogP contribution in [-0.2, 0) is 30.8 Å². The number of ether oxygens (including phenoxy) is 1. The van der Waals surface area contributed by atoms with Gasteiger partial charge in [-0.1, -0.05) is 75.8 Å². The lowest BCUT2D eigenvalue weighted by Gasteiger charge is -2.07. The second-order valence-electron chi connectivity index (χ2n) is 9.21. The molecule has 11 nitrogen and oxygen atoms in total. The van der Waals surface area contributed by atoms with Gasteiger partial charge in [-0.2, -0.15) is 5.21 Å². The Morgan fingerprint density at radius 2 is 1.36 bits per heavy atom. The van der Waals surface area contributed by atoms with Gasteiger partial charge < -0.3 is 10.1 Å². The first kappa shape index (κ1) is 31.9. The van der Waals surface area contributed by atoms with Crippen molar-refractivity contribution >= 4 is 21.8 Å². The van der Waals surface area contributed by atoms with Gasteiger partial charge in [0.15, 0.2) is 5.82 Å². The molecule has 0 unspecified atom stereocenters. The highest BCUT2D eigenvalue weighted by Crippen LogP contribution is 2.13. The number of hydrogen-bond acceptors (Lipinski definition) is 8. The molecule has 0 atom stereocenters. The van der Waals surface area contributed by atoms with Crippen LogP contribution in [0.15, 0.2) is 0 Å². The molecule has 2 amide bonds. The Labute approximate surface area is 216 Å². The predicted molar refractivity (Wildman–Crippen MR) is 139 cm³/mol. The first-order valence-electron chi connectivity index (χ1n) is 13.4. The summed E-state index contributed by atoms with van der Waals surface area (Å²) in [6.07, 6.45) is 16.4. The molecule has 1 aromatic heterocycles. The largest absolute Gasteiger partial charge is 0.383 e. The molecule has 12 heteroatoms. The summed E-state index contributed by atoms with van der Waals surface area (Å²) in [5, 5.41) is 16.6. The summed E-state index contributed by atoms with van der Waals surface area (Å²) in [5.74, 6) is -0.125. The number of hydrogen-bond donors (Lipinski definition) is 3. The number of amides is 2. The third kappa shape index (κ3) is 19.1. The number of carbonyl (C=O) groups excluding carboxylic acids is 2. The Balaban J connectivity index is 1.86. The number of tetrazole rings is 1. The van der Waals surface area contributed by atoms with Gasteiger partial charge in [-0.3, -0.25) is 14.3 Å². The molecule has 0 aliphatic rings. The van der Waals surface area contributed by atoms with Crippen molar-refractivity contribution in [2.45, 2.75) is 109 Å². The number of nitrogens with one attached hydrogen (secondary N) is 3. The lowest BCUT2D eigenvalue weighted by atomic mass is 10.0. The van der Waals surface area contributed by atoms with Gasteiger partial charge in [0, 0.05) is 32.9 Å². The molecule has 0 aliphatic carbocycles. The van der Waals surface area contributed by atoms with Gasteiger partial charge >= 0.3 is 0 Å². The molecule has 0 saturated heterocycles. The average molecular weight is 531 g/mol. The lowest BCUT2D eigenvalue weighted by molar-refractivity contribution is -0.121. The summed E-state index contributed by atoms with van der Waals surface area (Å²) < 4.78 is 30.9. The Bertz CT molecular complexity index is 789. The quantitative estimate of drug-likeness (QED) is 0.172. The molecule has 1 heterocycles. The first-order chi connectivity index (χ1) is 17.4. The van der Waals surface area contributed by atoms with Gasteiger partial charge in [0.2, 0.25) is 21.8 Å². The van der Waals surface area contributed by atoms with Gasteiger partial charge in [0.25, 0.3) is 0 Å². The highest BCUT2D eigenvalue weighted by molar-refractivity contribution is 7.90. The van der Waals surface area contributed by atoms with E-state index in [4.69, 9.17) is 4.74 Å². The molecular weight excluding hydrogens is 484 g/mol. The fraction of sp³-hybridized carbons (Fsp3) is 0.875. The van der Waals surface area contributed by atoms with Crippen LogP contribution >= 0.6 is 0 Å². The van der Waals surface area contributed by atoms with Crippen LogP contribution in [0.5, 0.6) is 0 Å². The van der Waals surface area contributed by atoms with E-state index in [-0.39, 0.29) is 30.9 Å². The molecule has 36 heavy (non-hydrogen) atoms. The Kier molecular flexibility index (Phi) is 18.7. The monoisotopic (exact) mass is 530 g/mol. The smallest absolute Gasteiger partial charge is 0.234 e. The zero-order valence-corrected chi connectivity index (χ0v) is 22.7. The summed E-state index contributed by atoms with van der Waals surface area (Å²) >= 11 is 0. The standard InChI is InChI=1S/C24H46N6O5S/c1-35-20-19-25-23(31)18-15-21-36(33,34)28-24(32)17-14-12-10-8-6-4-2-3-5-7-9-11-13-16-22-26-29-30-27-22/h2-21H2,1H3,(H,25,31)(H,28,32)(H,26,27,29,30). The van der Waals surface area contributed by atoms with Gasteiger partial charge in [-0.15, -0.1) is 10.2 Å². The predicted octanol–water partition coefficient (Wildman–Crippen LogP) is 3.19. The number of aromatic amines is 1. The van der Waals surface area contributed by atoms with Gasteiger partial charge in [0.05, 0.1) is 12.4 Å². The fourth-order valence-corrected chi connectivity index (χ4v) is 4.96. The lowest BCUT2D eigenvalue weighted by Crippen LogP contribution is -2.33. The number of carbonyl (C=O) groups is 2. The van der Waals surface area contributed by atoms with E-state index in [9.17, 15) is 18.0 Å². The topological polar surface area (TPSA) is 156 Å². The van der Waals surface area contributed by atoms with Crippen LogP contribution in [-0.4, -0.2) is 66.9 Å². The van der Waals surface area contributed by atoms with Crippen molar-refractivity contribution in [2.75, 3.05) is 26.0 Å². The van der Waals surface area contributed by atoms with Crippen molar-refractivity contribution in [3.63, 3.8) is 0 Å². The Morgan fingerprint density at radius 3 is 1.92 bits per heavy atom. The summed E-state index contributed by atoms with van der Waals surface area (Å²) in [6, 6.07) is 0. The van der Waals surface area contributed by atoms with E-state index in [2.05, 4.69) is 30.7 Å². The fourth-order valence-electron chi connectivity index (χ4n) is 3.88. The second-order valence-corrected chi connectivity index (χ2v) is 11.1. The van der Waals surface area contributed by atoms with Crippen LogP contribution in [0.25, 0.3) is 0 Å². The van der Waals surface area contributed by atoms with Gasteiger partial charge in [-0.05, 0) is 19.3 Å². The zero-order chi connectivity index (χ0) is 26.3. The number of aromatic nitrogens is 4. The SMILES string of the molecule is COCCNC(=O)CCCS(=O)(=O)NC(=O)CCCCCCCCCCCCCCCc1nn[nH]n1. The third-order valence-electron chi connectivity index (χ3n) is 5.91. The molecule has 1 aromatic rings. The van der Waals surface area contributed by atoms with Crippen LogP contribution < -0.4 is 10.0 Å². The normalized spacial score (nSPS) is 11.5. The van der Waals surface area contributed by atoms with E-state index in [1.165, 1.54) is 58.5 Å². The van der Waals surface area contributed by atoms with E-state index in [0.717, 1.165) is 37.9 Å². The van der Waals surface area contributed by atoms with E-state index in [1.807, 2.05) is 0 Å². The summed E-state index contributed by atoms with van der Waals surface area (Å²) in [6.45, 7) is 0.803. The molecule has 0 spiro atoms. The molecule has 0 aromatic carbocycles. The van der Waals surface area contributed by atoms with Crippen LogP contribution in [0, 0.1) is 0 Å². The van der Waals surface area contributed by atoms with E-state index >= 15 is 0 Å². The van der Waals surface area contributed by atoms with Gasteiger partial charge in [0.1, 0.15) is 0 Å². The van der Waals surface area contributed by atoms with E-state index in [0.29, 0.717) is 19.6 Å². The zero-order valence-electron chi connectivity index (χ0n) is 21.9. The third-order valence-corrected chi connectivity index (χ3v) is 7.27. The minimum atomic E-state index is -3.69. The number of sulfonamides is 1. The van der Waals surface area contributed by atoms with Crippen LogP contribution in [0.3, 0.4) is 0 Å². The number of rotatable bonds is 24. The molecule has 0 radical (unpaired) electrons. The molecule has 0 fully saturated rings.